The molecule has 0 N–H and O–H groups in total. The van der Waals surface area contributed by atoms with Gasteiger partial charge in [-0.2, -0.15) is 0 Å². The number of unbranched alkanes of at least 4 members (excludes halogenated alkanes) is 4. The highest BCUT2D eigenvalue weighted by Gasteiger charge is 2.23. The predicted octanol–water partition coefficient (Wildman–Crippen LogP) is 8.33. The number of carbonyl (C=O) groups excluding carboxylic acids is 1. The number of ketones is 1. The highest BCUT2D eigenvalue weighted by Crippen LogP contribution is 2.39. The summed E-state index contributed by atoms with van der Waals surface area (Å²) >= 11 is 0. The van der Waals surface area contributed by atoms with Crippen molar-refractivity contribution < 1.29 is 9.18 Å². The lowest BCUT2D eigenvalue weighted by Gasteiger charge is -2.29. The fourth-order valence-corrected chi connectivity index (χ4v) is 4.72. The quantitative estimate of drug-likeness (QED) is 0.308. The van der Waals surface area contributed by atoms with Crippen LogP contribution >= 0.6 is 0 Å². The first kappa shape index (κ1) is 21.7. The summed E-state index contributed by atoms with van der Waals surface area (Å²) in [5.74, 6) is 1.24. The maximum absolute atomic E-state index is 14.8. The molecule has 0 bridgehead atoms. The molecule has 0 spiro atoms. The van der Waals surface area contributed by atoms with E-state index in [1.807, 2.05) is 18.2 Å². The van der Waals surface area contributed by atoms with E-state index in [2.05, 4.69) is 13.0 Å². The third kappa shape index (κ3) is 6.01. The zero-order valence-electron chi connectivity index (χ0n) is 18.1. The number of rotatable bonds is 9. The summed E-state index contributed by atoms with van der Waals surface area (Å²) in [5.41, 5.74) is 3.25. The Hall–Kier alpha value is -1.96. The summed E-state index contributed by atoms with van der Waals surface area (Å²) in [5, 5.41) is 0. The summed E-state index contributed by atoms with van der Waals surface area (Å²) in [7, 11) is 0. The minimum Gasteiger partial charge on any atom is -0.295 e. The van der Waals surface area contributed by atoms with Crippen molar-refractivity contribution in [3.63, 3.8) is 0 Å². The average molecular weight is 395 g/mol. The van der Waals surface area contributed by atoms with Crippen molar-refractivity contribution in [1.82, 2.24) is 0 Å². The number of carbonyl (C=O) groups is 1. The van der Waals surface area contributed by atoms with Crippen molar-refractivity contribution in [2.75, 3.05) is 0 Å². The molecule has 0 radical (unpaired) electrons. The Balaban J connectivity index is 1.55. The first-order valence-corrected chi connectivity index (χ1v) is 11.5. The first-order chi connectivity index (χ1) is 14.1. The van der Waals surface area contributed by atoms with Crippen molar-refractivity contribution in [2.45, 2.75) is 84.0 Å². The molecule has 0 aromatic heterocycles. The van der Waals surface area contributed by atoms with Gasteiger partial charge >= 0.3 is 0 Å². The van der Waals surface area contributed by atoms with Crippen LogP contribution in [0.2, 0.25) is 0 Å². The molecule has 0 atom stereocenters. The van der Waals surface area contributed by atoms with Gasteiger partial charge in [0.15, 0.2) is 5.78 Å². The molecule has 1 aliphatic rings. The van der Waals surface area contributed by atoms with E-state index in [9.17, 15) is 9.18 Å². The smallest absolute Gasteiger partial charge is 0.159 e. The van der Waals surface area contributed by atoms with Crippen LogP contribution < -0.4 is 0 Å². The number of hydrogen-bond donors (Lipinski definition) is 0. The molecular weight excluding hydrogens is 359 g/mol. The van der Waals surface area contributed by atoms with E-state index in [4.69, 9.17) is 0 Å². The van der Waals surface area contributed by atoms with Crippen molar-refractivity contribution in [3.05, 3.63) is 59.4 Å². The molecule has 156 valence electrons. The fourth-order valence-electron chi connectivity index (χ4n) is 4.72. The van der Waals surface area contributed by atoms with Crippen LogP contribution in [-0.4, -0.2) is 5.78 Å². The molecule has 1 saturated carbocycles. The summed E-state index contributed by atoms with van der Waals surface area (Å²) in [6.45, 7) is 3.81. The van der Waals surface area contributed by atoms with E-state index >= 15 is 0 Å². The van der Waals surface area contributed by atoms with Crippen molar-refractivity contribution in [3.8, 4) is 11.1 Å². The van der Waals surface area contributed by atoms with E-state index in [0.717, 1.165) is 17.0 Å². The number of benzene rings is 2. The van der Waals surface area contributed by atoms with Crippen LogP contribution in [0.1, 0.15) is 99.9 Å². The summed E-state index contributed by atoms with van der Waals surface area (Å²) in [6.07, 6.45) is 13.1. The van der Waals surface area contributed by atoms with Gasteiger partial charge < -0.3 is 0 Å². The van der Waals surface area contributed by atoms with Crippen LogP contribution in [0.3, 0.4) is 0 Å². The molecule has 0 unspecified atom stereocenters. The lowest BCUT2D eigenvalue weighted by molar-refractivity contribution is 0.101. The van der Waals surface area contributed by atoms with Crippen LogP contribution in [0.4, 0.5) is 4.39 Å². The Morgan fingerprint density at radius 1 is 0.931 bits per heavy atom. The van der Waals surface area contributed by atoms with Crippen molar-refractivity contribution in [2.24, 2.45) is 5.92 Å². The minimum atomic E-state index is -0.156. The fraction of sp³-hybridized carbons (Fsp3) is 0.519. The Bertz CT molecular complexity index is 785. The molecule has 2 aromatic rings. The van der Waals surface area contributed by atoms with Gasteiger partial charge in [0.25, 0.3) is 0 Å². The standard InChI is InChI=1S/C27H35FO/c1-3-4-5-6-7-8-21-9-11-23(12-10-21)25-17-18-26(27(28)19-25)24-15-13-22(14-16-24)20(2)29/h13-19,21,23H,3-12H2,1-2H3/t21-,23-. The van der Waals surface area contributed by atoms with Gasteiger partial charge in [0.2, 0.25) is 0 Å². The largest absolute Gasteiger partial charge is 0.295 e. The van der Waals surface area contributed by atoms with Crippen LogP contribution in [-0.2, 0) is 0 Å². The van der Waals surface area contributed by atoms with E-state index in [1.54, 1.807) is 25.1 Å². The van der Waals surface area contributed by atoms with Crippen LogP contribution in [0.25, 0.3) is 11.1 Å². The normalized spacial score (nSPS) is 19.3. The third-order valence-electron chi connectivity index (χ3n) is 6.63. The molecule has 1 fully saturated rings. The van der Waals surface area contributed by atoms with Gasteiger partial charge in [0.1, 0.15) is 5.82 Å². The maximum atomic E-state index is 14.8. The van der Waals surface area contributed by atoms with E-state index in [0.29, 0.717) is 17.0 Å². The molecule has 3 rings (SSSR count). The molecule has 1 aliphatic carbocycles. The van der Waals surface area contributed by atoms with Gasteiger partial charge in [0.05, 0.1) is 0 Å². The highest BCUT2D eigenvalue weighted by molar-refractivity contribution is 5.94. The van der Waals surface area contributed by atoms with Crippen molar-refractivity contribution in [1.29, 1.82) is 0 Å². The Morgan fingerprint density at radius 3 is 2.24 bits per heavy atom. The molecule has 0 heterocycles. The van der Waals surface area contributed by atoms with Gasteiger partial charge in [-0.25, -0.2) is 4.39 Å². The molecule has 2 aromatic carbocycles. The lowest BCUT2D eigenvalue weighted by Crippen LogP contribution is -2.13. The second kappa shape index (κ2) is 10.7. The number of halogens is 1. The second-order valence-electron chi connectivity index (χ2n) is 8.79. The number of Topliss-reactive ketones (excluding diaryl/α,β-unsaturated/α-hetero) is 1. The molecule has 1 nitrogen and oxygen atoms in total. The molecule has 0 amide bonds. The average Bonchev–Trinajstić information content (AvgIpc) is 2.74. The third-order valence-corrected chi connectivity index (χ3v) is 6.63. The highest BCUT2D eigenvalue weighted by atomic mass is 19.1. The van der Waals surface area contributed by atoms with E-state index in [1.165, 1.54) is 64.2 Å². The van der Waals surface area contributed by atoms with Gasteiger partial charge in [-0.05, 0) is 61.6 Å². The van der Waals surface area contributed by atoms with Crippen LogP contribution in [0, 0.1) is 11.7 Å². The zero-order valence-corrected chi connectivity index (χ0v) is 18.1. The molecule has 29 heavy (non-hydrogen) atoms. The van der Waals surface area contributed by atoms with Gasteiger partial charge in [0, 0.05) is 11.1 Å². The zero-order chi connectivity index (χ0) is 20.6. The monoisotopic (exact) mass is 394 g/mol. The summed E-state index contributed by atoms with van der Waals surface area (Å²) < 4.78 is 14.8. The molecular formula is C27H35FO. The van der Waals surface area contributed by atoms with Crippen LogP contribution in [0.5, 0.6) is 0 Å². The SMILES string of the molecule is CCCCCCC[C@H]1CC[C@H](c2ccc(-c3ccc(C(C)=O)cc3)c(F)c2)CC1. The van der Waals surface area contributed by atoms with Crippen molar-refractivity contribution >= 4 is 5.78 Å². The second-order valence-corrected chi connectivity index (χ2v) is 8.79. The minimum absolute atomic E-state index is 0.0314. The predicted molar refractivity (Wildman–Crippen MR) is 120 cm³/mol. The number of hydrogen-bond acceptors (Lipinski definition) is 1. The Kier molecular flexibility index (Phi) is 8.03. The molecule has 0 aliphatic heterocycles. The van der Waals surface area contributed by atoms with Gasteiger partial charge in [-0.15, -0.1) is 0 Å². The summed E-state index contributed by atoms with van der Waals surface area (Å²) in [4.78, 5) is 11.4. The summed E-state index contributed by atoms with van der Waals surface area (Å²) in [6, 6.07) is 13.0. The first-order valence-electron chi connectivity index (χ1n) is 11.5. The van der Waals surface area contributed by atoms with E-state index in [-0.39, 0.29) is 11.6 Å². The maximum Gasteiger partial charge on any atom is 0.159 e. The Morgan fingerprint density at radius 2 is 1.62 bits per heavy atom. The Labute approximate surface area is 175 Å². The molecule has 0 saturated heterocycles. The lowest BCUT2D eigenvalue weighted by atomic mass is 9.77. The van der Waals surface area contributed by atoms with Gasteiger partial charge in [-0.1, -0.05) is 81.8 Å². The molecule has 2 heteroatoms. The topological polar surface area (TPSA) is 17.1 Å². The van der Waals surface area contributed by atoms with Crippen LogP contribution in [0.15, 0.2) is 42.5 Å². The van der Waals surface area contributed by atoms with Gasteiger partial charge in [-0.3, -0.25) is 4.79 Å². The van der Waals surface area contributed by atoms with E-state index < -0.39 is 0 Å².